The van der Waals surface area contributed by atoms with E-state index in [-0.39, 0.29) is 5.91 Å². The maximum atomic E-state index is 12.5. The Kier molecular flexibility index (Phi) is 2.97. The fourth-order valence-electron chi connectivity index (χ4n) is 2.71. The van der Waals surface area contributed by atoms with Crippen molar-refractivity contribution in [2.24, 2.45) is 0 Å². The SMILES string of the molecule is Cc1nnc2cc(C(=O)N3CCCCC3C)ccn12. The number of aromatic nitrogens is 3. The molecule has 0 aliphatic carbocycles. The van der Waals surface area contributed by atoms with Gasteiger partial charge in [-0.3, -0.25) is 9.20 Å². The number of piperidine rings is 1. The van der Waals surface area contributed by atoms with Crippen molar-refractivity contribution in [1.82, 2.24) is 19.5 Å². The zero-order valence-corrected chi connectivity index (χ0v) is 11.3. The number of amides is 1. The lowest BCUT2D eigenvalue weighted by Crippen LogP contribution is -2.42. The molecule has 5 nitrogen and oxygen atoms in total. The number of hydrogen-bond acceptors (Lipinski definition) is 3. The molecule has 0 saturated carbocycles. The molecule has 1 saturated heterocycles. The first-order chi connectivity index (χ1) is 9.16. The molecule has 1 fully saturated rings. The van der Waals surface area contributed by atoms with Gasteiger partial charge in [-0.15, -0.1) is 10.2 Å². The van der Waals surface area contributed by atoms with Crippen LogP contribution in [-0.4, -0.2) is 38.0 Å². The van der Waals surface area contributed by atoms with Gasteiger partial charge in [-0.25, -0.2) is 0 Å². The molecule has 0 N–H and O–H groups in total. The molecule has 1 aliphatic heterocycles. The Hall–Kier alpha value is -1.91. The summed E-state index contributed by atoms with van der Waals surface area (Å²) in [5.74, 6) is 0.940. The fourth-order valence-corrected chi connectivity index (χ4v) is 2.71. The molecular formula is C14H18N4O. The van der Waals surface area contributed by atoms with Crippen molar-refractivity contribution in [3.05, 3.63) is 29.7 Å². The predicted molar refractivity (Wildman–Crippen MR) is 72.1 cm³/mol. The molecule has 19 heavy (non-hydrogen) atoms. The first kappa shape index (κ1) is 12.1. The van der Waals surface area contributed by atoms with E-state index in [1.165, 1.54) is 6.42 Å². The molecule has 2 aromatic heterocycles. The third-order valence-electron chi connectivity index (χ3n) is 3.89. The summed E-state index contributed by atoms with van der Waals surface area (Å²) in [5, 5.41) is 8.08. The highest BCUT2D eigenvalue weighted by Crippen LogP contribution is 2.19. The van der Waals surface area contributed by atoms with Crippen molar-refractivity contribution in [2.45, 2.75) is 39.2 Å². The quantitative estimate of drug-likeness (QED) is 0.786. The minimum atomic E-state index is 0.107. The molecule has 5 heteroatoms. The monoisotopic (exact) mass is 258 g/mol. The van der Waals surface area contributed by atoms with Gasteiger partial charge >= 0.3 is 0 Å². The van der Waals surface area contributed by atoms with Crippen LogP contribution in [0.5, 0.6) is 0 Å². The molecule has 3 rings (SSSR count). The molecule has 1 atom stereocenters. The second-order valence-electron chi connectivity index (χ2n) is 5.23. The number of carbonyl (C=O) groups excluding carboxylic acids is 1. The Labute approximate surface area is 112 Å². The van der Waals surface area contributed by atoms with Crippen LogP contribution >= 0.6 is 0 Å². The predicted octanol–water partition coefficient (Wildman–Crippen LogP) is 2.05. The normalized spacial score (nSPS) is 19.9. The standard InChI is InChI=1S/C14H18N4O/c1-10-5-3-4-7-17(10)14(19)12-6-8-18-11(2)15-16-13(18)9-12/h6,8-10H,3-5,7H2,1-2H3. The van der Waals surface area contributed by atoms with Crippen molar-refractivity contribution in [2.75, 3.05) is 6.54 Å². The van der Waals surface area contributed by atoms with E-state index in [9.17, 15) is 4.79 Å². The number of fused-ring (bicyclic) bond motifs is 1. The lowest BCUT2D eigenvalue weighted by molar-refractivity contribution is 0.0635. The van der Waals surface area contributed by atoms with Crippen molar-refractivity contribution in [3.8, 4) is 0 Å². The summed E-state index contributed by atoms with van der Waals surface area (Å²) < 4.78 is 1.89. The first-order valence-electron chi connectivity index (χ1n) is 6.79. The minimum absolute atomic E-state index is 0.107. The van der Waals surface area contributed by atoms with Crippen molar-refractivity contribution in [1.29, 1.82) is 0 Å². The lowest BCUT2D eigenvalue weighted by Gasteiger charge is -2.33. The topological polar surface area (TPSA) is 50.5 Å². The lowest BCUT2D eigenvalue weighted by atomic mass is 10.0. The van der Waals surface area contributed by atoms with Crippen LogP contribution in [0.15, 0.2) is 18.3 Å². The zero-order valence-electron chi connectivity index (χ0n) is 11.3. The van der Waals surface area contributed by atoms with E-state index in [4.69, 9.17) is 0 Å². The summed E-state index contributed by atoms with van der Waals surface area (Å²) in [5.41, 5.74) is 1.43. The third kappa shape index (κ3) is 2.09. The van der Waals surface area contributed by atoms with Gasteiger partial charge in [-0.1, -0.05) is 0 Å². The van der Waals surface area contributed by atoms with Crippen LogP contribution in [0.1, 0.15) is 42.4 Å². The van der Waals surface area contributed by atoms with Gasteiger partial charge in [0.15, 0.2) is 5.65 Å². The summed E-state index contributed by atoms with van der Waals surface area (Å²) in [6.07, 6.45) is 5.28. The number of aryl methyl sites for hydroxylation is 1. The molecule has 1 unspecified atom stereocenters. The summed E-state index contributed by atoms with van der Waals surface area (Å²) in [7, 11) is 0. The molecule has 0 aromatic carbocycles. The summed E-state index contributed by atoms with van der Waals surface area (Å²) >= 11 is 0. The Bertz CT molecular complexity index is 619. The van der Waals surface area contributed by atoms with Crippen LogP contribution in [0, 0.1) is 6.92 Å². The van der Waals surface area contributed by atoms with E-state index in [1.54, 1.807) is 0 Å². The van der Waals surface area contributed by atoms with Crippen molar-refractivity contribution >= 4 is 11.6 Å². The van der Waals surface area contributed by atoms with E-state index in [0.29, 0.717) is 11.6 Å². The number of likely N-dealkylation sites (tertiary alicyclic amines) is 1. The van der Waals surface area contributed by atoms with E-state index < -0.39 is 0 Å². The van der Waals surface area contributed by atoms with Gasteiger partial charge in [0.2, 0.25) is 0 Å². The van der Waals surface area contributed by atoms with Crippen LogP contribution in [0.3, 0.4) is 0 Å². The average molecular weight is 258 g/mol. The van der Waals surface area contributed by atoms with E-state index in [2.05, 4.69) is 17.1 Å². The third-order valence-corrected chi connectivity index (χ3v) is 3.89. The fraction of sp³-hybridized carbons (Fsp3) is 0.500. The number of pyridine rings is 1. The van der Waals surface area contributed by atoms with Gasteiger partial charge in [0.25, 0.3) is 5.91 Å². The van der Waals surface area contributed by atoms with Crippen molar-refractivity contribution in [3.63, 3.8) is 0 Å². The highest BCUT2D eigenvalue weighted by Gasteiger charge is 2.24. The number of carbonyl (C=O) groups is 1. The largest absolute Gasteiger partial charge is 0.336 e. The molecule has 1 aliphatic rings. The molecular weight excluding hydrogens is 240 g/mol. The Balaban J connectivity index is 1.92. The molecule has 0 spiro atoms. The van der Waals surface area contributed by atoms with Gasteiger partial charge in [-0.05, 0) is 45.2 Å². The van der Waals surface area contributed by atoms with Gasteiger partial charge < -0.3 is 4.90 Å². The molecule has 3 heterocycles. The molecule has 1 amide bonds. The van der Waals surface area contributed by atoms with Gasteiger partial charge in [-0.2, -0.15) is 0 Å². The Morgan fingerprint density at radius 3 is 3.00 bits per heavy atom. The van der Waals surface area contributed by atoms with E-state index >= 15 is 0 Å². The van der Waals surface area contributed by atoms with Crippen LogP contribution in [0.25, 0.3) is 5.65 Å². The zero-order chi connectivity index (χ0) is 13.4. The van der Waals surface area contributed by atoms with Crippen LogP contribution in [-0.2, 0) is 0 Å². The summed E-state index contributed by atoms with van der Waals surface area (Å²) in [6, 6.07) is 4.01. The van der Waals surface area contributed by atoms with E-state index in [1.807, 2.05) is 34.6 Å². The highest BCUT2D eigenvalue weighted by atomic mass is 16.2. The summed E-state index contributed by atoms with van der Waals surface area (Å²) in [4.78, 5) is 14.5. The highest BCUT2D eigenvalue weighted by molar-refractivity contribution is 5.95. The van der Waals surface area contributed by atoms with Gasteiger partial charge in [0.05, 0.1) is 0 Å². The maximum absolute atomic E-state index is 12.5. The van der Waals surface area contributed by atoms with Crippen molar-refractivity contribution < 1.29 is 4.79 Å². The smallest absolute Gasteiger partial charge is 0.254 e. The Morgan fingerprint density at radius 2 is 2.21 bits per heavy atom. The van der Waals surface area contributed by atoms with Gasteiger partial charge in [0, 0.05) is 24.3 Å². The summed E-state index contributed by atoms with van der Waals surface area (Å²) in [6.45, 7) is 4.88. The van der Waals surface area contributed by atoms with Crippen LogP contribution in [0.2, 0.25) is 0 Å². The molecule has 2 aromatic rings. The molecule has 100 valence electrons. The van der Waals surface area contributed by atoms with Gasteiger partial charge in [0.1, 0.15) is 5.82 Å². The number of nitrogens with zero attached hydrogens (tertiary/aromatic N) is 4. The minimum Gasteiger partial charge on any atom is -0.336 e. The second kappa shape index (κ2) is 4.64. The number of hydrogen-bond donors (Lipinski definition) is 0. The van der Waals surface area contributed by atoms with Crippen LogP contribution < -0.4 is 0 Å². The first-order valence-corrected chi connectivity index (χ1v) is 6.79. The maximum Gasteiger partial charge on any atom is 0.254 e. The van der Waals surface area contributed by atoms with E-state index in [0.717, 1.165) is 30.9 Å². The molecule has 0 radical (unpaired) electrons. The van der Waals surface area contributed by atoms with Crippen LogP contribution in [0.4, 0.5) is 0 Å². The molecule has 0 bridgehead atoms. The Morgan fingerprint density at radius 1 is 1.37 bits per heavy atom. The average Bonchev–Trinajstić information content (AvgIpc) is 2.80. The number of rotatable bonds is 1. The second-order valence-corrected chi connectivity index (χ2v) is 5.23.